The fourth-order valence-electron chi connectivity index (χ4n) is 4.15. The summed E-state index contributed by atoms with van der Waals surface area (Å²) in [6, 6.07) is 29.9. The Labute approximate surface area is 173 Å². The quantitative estimate of drug-likeness (QED) is 0.516. The fourth-order valence-corrected chi connectivity index (χ4v) is 4.38. The molecule has 28 heavy (non-hydrogen) atoms. The first-order chi connectivity index (χ1) is 13.8. The van der Waals surface area contributed by atoms with E-state index in [0.717, 1.165) is 31.2 Å². The molecule has 1 heterocycles. The van der Waals surface area contributed by atoms with Gasteiger partial charge in [-0.2, -0.15) is 0 Å². The molecule has 1 saturated heterocycles. The van der Waals surface area contributed by atoms with Crippen molar-refractivity contribution in [1.29, 1.82) is 0 Å². The maximum absolute atomic E-state index is 6.69. The molecular formula is C25H27ClN2. The maximum Gasteiger partial charge on any atom is 0.0906 e. The van der Waals surface area contributed by atoms with E-state index in [4.69, 9.17) is 11.6 Å². The molecule has 144 valence electrons. The van der Waals surface area contributed by atoms with E-state index in [1.165, 1.54) is 29.5 Å². The normalized spacial score (nSPS) is 16.8. The van der Waals surface area contributed by atoms with E-state index < -0.39 is 0 Å². The lowest BCUT2D eigenvalue weighted by atomic mass is 10.1. The number of rotatable bonds is 5. The molecule has 0 atom stereocenters. The minimum absolute atomic E-state index is 0.177. The molecule has 0 N–H and O–H groups in total. The highest BCUT2D eigenvalue weighted by atomic mass is 35.5. The predicted octanol–water partition coefficient (Wildman–Crippen LogP) is 6.14. The van der Waals surface area contributed by atoms with Crippen LogP contribution in [-0.4, -0.2) is 22.9 Å². The Morgan fingerprint density at radius 2 is 1.11 bits per heavy atom. The van der Waals surface area contributed by atoms with Crippen molar-refractivity contribution in [3.8, 4) is 0 Å². The highest BCUT2D eigenvalue weighted by Crippen LogP contribution is 2.35. The molecule has 1 aliphatic rings. The van der Waals surface area contributed by atoms with Crippen LogP contribution in [-0.2, 0) is 13.1 Å². The number of benzene rings is 3. The molecule has 0 bridgehead atoms. The molecule has 0 spiro atoms. The highest BCUT2D eigenvalue weighted by molar-refractivity contribution is 6.31. The van der Waals surface area contributed by atoms with Crippen LogP contribution >= 0.6 is 11.6 Å². The topological polar surface area (TPSA) is 6.48 Å². The molecular weight excluding hydrogens is 364 g/mol. The molecule has 0 amide bonds. The molecule has 0 aliphatic carbocycles. The van der Waals surface area contributed by atoms with Crippen LogP contribution in [0.2, 0.25) is 5.02 Å². The molecule has 3 aromatic carbocycles. The molecule has 4 rings (SSSR count). The molecule has 1 fully saturated rings. The third-order valence-electron chi connectivity index (χ3n) is 5.47. The average molecular weight is 391 g/mol. The lowest BCUT2D eigenvalue weighted by Crippen LogP contribution is -2.39. The van der Waals surface area contributed by atoms with Gasteiger partial charge in [-0.05, 0) is 30.0 Å². The Morgan fingerprint density at radius 1 is 0.643 bits per heavy atom. The summed E-state index contributed by atoms with van der Waals surface area (Å²) in [6.45, 7) is 4.02. The summed E-state index contributed by atoms with van der Waals surface area (Å²) in [6.07, 6.45) is 2.59. The molecule has 0 unspecified atom stereocenters. The van der Waals surface area contributed by atoms with Gasteiger partial charge in [0.05, 0.1) is 6.17 Å². The first kappa shape index (κ1) is 19.2. The number of halogens is 1. The molecule has 0 aromatic heterocycles. The van der Waals surface area contributed by atoms with Gasteiger partial charge >= 0.3 is 0 Å². The largest absolute Gasteiger partial charge is 0.280 e. The van der Waals surface area contributed by atoms with Crippen LogP contribution < -0.4 is 0 Å². The third kappa shape index (κ3) is 4.64. The second kappa shape index (κ2) is 9.38. The van der Waals surface area contributed by atoms with Crippen LogP contribution in [0.15, 0.2) is 84.9 Å². The monoisotopic (exact) mass is 390 g/mol. The van der Waals surface area contributed by atoms with Gasteiger partial charge in [-0.1, -0.05) is 90.5 Å². The minimum atomic E-state index is 0.177. The van der Waals surface area contributed by atoms with E-state index in [-0.39, 0.29) is 6.17 Å². The summed E-state index contributed by atoms with van der Waals surface area (Å²) < 4.78 is 0. The van der Waals surface area contributed by atoms with Crippen LogP contribution in [0.5, 0.6) is 0 Å². The predicted molar refractivity (Wildman–Crippen MR) is 117 cm³/mol. The molecule has 0 radical (unpaired) electrons. The summed E-state index contributed by atoms with van der Waals surface area (Å²) in [7, 11) is 0. The van der Waals surface area contributed by atoms with Gasteiger partial charge in [0, 0.05) is 36.8 Å². The van der Waals surface area contributed by atoms with Gasteiger partial charge in [0.25, 0.3) is 0 Å². The molecule has 2 nitrogen and oxygen atoms in total. The zero-order valence-corrected chi connectivity index (χ0v) is 16.9. The van der Waals surface area contributed by atoms with E-state index >= 15 is 0 Å². The van der Waals surface area contributed by atoms with Gasteiger partial charge in [0.15, 0.2) is 0 Å². The van der Waals surface area contributed by atoms with Crippen LogP contribution in [0.4, 0.5) is 0 Å². The van der Waals surface area contributed by atoms with E-state index in [1.807, 2.05) is 12.1 Å². The second-order valence-electron chi connectivity index (χ2n) is 7.51. The molecule has 1 aliphatic heterocycles. The zero-order valence-electron chi connectivity index (χ0n) is 16.2. The molecule has 3 aromatic rings. The lowest BCUT2D eigenvalue weighted by Gasteiger charge is -2.38. The van der Waals surface area contributed by atoms with Crippen molar-refractivity contribution in [1.82, 2.24) is 9.80 Å². The summed E-state index contributed by atoms with van der Waals surface area (Å²) in [5, 5.41) is 0.852. The van der Waals surface area contributed by atoms with Crippen molar-refractivity contribution in [3.63, 3.8) is 0 Å². The van der Waals surface area contributed by atoms with Crippen LogP contribution in [0.25, 0.3) is 0 Å². The van der Waals surface area contributed by atoms with Crippen LogP contribution in [0.3, 0.4) is 0 Å². The van der Waals surface area contributed by atoms with Crippen molar-refractivity contribution in [2.24, 2.45) is 0 Å². The van der Waals surface area contributed by atoms with Gasteiger partial charge in [0.2, 0.25) is 0 Å². The summed E-state index contributed by atoms with van der Waals surface area (Å²) in [5.41, 5.74) is 3.90. The Bertz CT molecular complexity index is 814. The van der Waals surface area contributed by atoms with E-state index in [0.29, 0.717) is 0 Å². The third-order valence-corrected chi connectivity index (χ3v) is 5.82. The average Bonchev–Trinajstić information content (AvgIpc) is 2.92. The second-order valence-corrected chi connectivity index (χ2v) is 7.92. The minimum Gasteiger partial charge on any atom is -0.280 e. The zero-order chi connectivity index (χ0) is 19.2. The summed E-state index contributed by atoms with van der Waals surface area (Å²) in [5.74, 6) is 0. The van der Waals surface area contributed by atoms with E-state index in [1.54, 1.807) is 0 Å². The SMILES string of the molecule is Clc1ccccc1C1N(Cc2ccccc2)CCCCN1Cc1ccccc1. The Hall–Kier alpha value is -2.13. The molecule has 0 saturated carbocycles. The first-order valence-corrected chi connectivity index (χ1v) is 10.5. The smallest absolute Gasteiger partial charge is 0.0906 e. The highest BCUT2D eigenvalue weighted by Gasteiger charge is 2.30. The first-order valence-electron chi connectivity index (χ1n) is 10.1. The number of hydrogen-bond donors (Lipinski definition) is 0. The van der Waals surface area contributed by atoms with E-state index in [9.17, 15) is 0 Å². The fraction of sp³-hybridized carbons (Fsp3) is 0.280. The maximum atomic E-state index is 6.69. The van der Waals surface area contributed by atoms with Crippen molar-refractivity contribution in [3.05, 3.63) is 107 Å². The lowest BCUT2D eigenvalue weighted by molar-refractivity contribution is 0.0469. The Morgan fingerprint density at radius 3 is 1.61 bits per heavy atom. The molecule has 3 heteroatoms. The van der Waals surface area contributed by atoms with Crippen LogP contribution in [0, 0.1) is 0 Å². The van der Waals surface area contributed by atoms with Gasteiger partial charge in [0.1, 0.15) is 0 Å². The van der Waals surface area contributed by atoms with Crippen LogP contribution in [0.1, 0.15) is 35.7 Å². The van der Waals surface area contributed by atoms with Crippen molar-refractivity contribution >= 4 is 11.6 Å². The standard InChI is InChI=1S/C25H27ClN2/c26-24-16-8-7-15-23(24)25-27(19-21-11-3-1-4-12-21)17-9-10-18-28(25)20-22-13-5-2-6-14-22/h1-8,11-16,25H,9-10,17-20H2. The van der Waals surface area contributed by atoms with Gasteiger partial charge < -0.3 is 0 Å². The Kier molecular flexibility index (Phi) is 6.43. The van der Waals surface area contributed by atoms with Gasteiger partial charge in [-0.25, -0.2) is 0 Å². The summed E-state index contributed by atoms with van der Waals surface area (Å²) in [4.78, 5) is 5.18. The van der Waals surface area contributed by atoms with Gasteiger partial charge in [-0.15, -0.1) is 0 Å². The summed E-state index contributed by atoms with van der Waals surface area (Å²) >= 11 is 6.69. The van der Waals surface area contributed by atoms with E-state index in [2.05, 4.69) is 82.6 Å². The Balaban J connectivity index is 1.69. The van der Waals surface area contributed by atoms with Gasteiger partial charge in [-0.3, -0.25) is 9.80 Å². The number of hydrogen-bond acceptors (Lipinski definition) is 2. The number of nitrogens with zero attached hydrogens (tertiary/aromatic N) is 2. The van der Waals surface area contributed by atoms with Crippen molar-refractivity contribution < 1.29 is 0 Å². The van der Waals surface area contributed by atoms with Crippen molar-refractivity contribution in [2.75, 3.05) is 13.1 Å². The van der Waals surface area contributed by atoms with Crippen molar-refractivity contribution in [2.45, 2.75) is 32.1 Å².